The van der Waals surface area contributed by atoms with Gasteiger partial charge in [-0.25, -0.2) is 4.79 Å². The average molecular weight is 372 g/mol. The monoisotopic (exact) mass is 372 g/mol. The minimum Gasteiger partial charge on any atom is -0.354 e. The molecular weight excluding hydrogens is 348 g/mol. The molecule has 1 fully saturated rings. The van der Waals surface area contributed by atoms with E-state index in [-0.39, 0.29) is 5.91 Å². The van der Waals surface area contributed by atoms with Crippen LogP contribution in [0.15, 0.2) is 33.9 Å². The van der Waals surface area contributed by atoms with Gasteiger partial charge in [0.15, 0.2) is 0 Å². The van der Waals surface area contributed by atoms with E-state index >= 15 is 0 Å². The van der Waals surface area contributed by atoms with Crippen molar-refractivity contribution in [3.05, 3.63) is 45.1 Å². The lowest BCUT2D eigenvalue weighted by Crippen LogP contribution is -2.60. The van der Waals surface area contributed by atoms with Gasteiger partial charge < -0.3 is 15.6 Å². The van der Waals surface area contributed by atoms with Crippen LogP contribution in [0.25, 0.3) is 10.9 Å². The number of hydrogen-bond donors (Lipinski definition) is 3. The molecule has 1 aromatic carbocycles. The van der Waals surface area contributed by atoms with E-state index in [0.29, 0.717) is 30.3 Å². The Morgan fingerprint density at radius 3 is 2.56 bits per heavy atom. The summed E-state index contributed by atoms with van der Waals surface area (Å²) in [6.07, 6.45) is 3.80. The first-order chi connectivity index (χ1) is 13.0. The van der Waals surface area contributed by atoms with Crippen molar-refractivity contribution in [1.29, 1.82) is 0 Å². The predicted molar refractivity (Wildman–Crippen MR) is 101 cm³/mol. The number of carbonyl (C=O) groups is 2. The van der Waals surface area contributed by atoms with Gasteiger partial charge in [-0.05, 0) is 31.9 Å². The normalized spacial score (nSPS) is 16.0. The quantitative estimate of drug-likeness (QED) is 0.715. The van der Waals surface area contributed by atoms with Crippen molar-refractivity contribution in [3.8, 4) is 0 Å². The number of fused-ring (bicyclic) bond motifs is 1. The van der Waals surface area contributed by atoms with Crippen LogP contribution in [0.1, 0.15) is 39.0 Å². The fourth-order valence-electron chi connectivity index (χ4n) is 3.69. The van der Waals surface area contributed by atoms with Crippen LogP contribution in [-0.2, 0) is 16.1 Å². The van der Waals surface area contributed by atoms with E-state index in [2.05, 4.69) is 15.6 Å². The number of likely N-dealkylation sites (N-methyl/N-ethyl adjacent to an activating group) is 1. The molecule has 8 nitrogen and oxygen atoms in total. The fraction of sp³-hybridized carbons (Fsp3) is 0.474. The van der Waals surface area contributed by atoms with Crippen molar-refractivity contribution >= 4 is 22.7 Å². The van der Waals surface area contributed by atoms with Gasteiger partial charge in [-0.15, -0.1) is 0 Å². The molecule has 3 rings (SSSR count). The second-order valence-electron chi connectivity index (χ2n) is 6.92. The van der Waals surface area contributed by atoms with Gasteiger partial charge in [-0.2, -0.15) is 0 Å². The predicted octanol–water partition coefficient (Wildman–Crippen LogP) is 0.645. The first-order valence-corrected chi connectivity index (χ1v) is 9.28. The van der Waals surface area contributed by atoms with E-state index in [9.17, 15) is 19.2 Å². The molecule has 1 aliphatic carbocycles. The zero-order valence-electron chi connectivity index (χ0n) is 15.3. The third-order valence-corrected chi connectivity index (χ3v) is 5.05. The Bertz CT molecular complexity index is 970. The molecule has 0 bridgehead atoms. The fourth-order valence-corrected chi connectivity index (χ4v) is 3.69. The standard InChI is InChI=1S/C19H24N4O4/c1-2-20-17(26)19(10-6-3-7-11-19)22-15(24)12-23-16(25)13-8-4-5-9-14(13)21-18(23)27/h4-5,8-9H,2-3,6-7,10-12H2,1H3,(H,20,26)(H,21,27)(H,22,24). The van der Waals surface area contributed by atoms with Crippen molar-refractivity contribution in [2.24, 2.45) is 0 Å². The lowest BCUT2D eigenvalue weighted by Gasteiger charge is -2.36. The van der Waals surface area contributed by atoms with E-state index in [1.807, 2.05) is 6.92 Å². The third kappa shape index (κ3) is 3.79. The van der Waals surface area contributed by atoms with Crippen molar-refractivity contribution in [2.75, 3.05) is 6.54 Å². The van der Waals surface area contributed by atoms with Gasteiger partial charge in [-0.3, -0.25) is 19.0 Å². The van der Waals surface area contributed by atoms with E-state index in [1.165, 1.54) is 0 Å². The van der Waals surface area contributed by atoms with E-state index < -0.39 is 29.2 Å². The number of para-hydroxylation sites is 1. The van der Waals surface area contributed by atoms with Gasteiger partial charge in [0, 0.05) is 6.54 Å². The molecule has 144 valence electrons. The van der Waals surface area contributed by atoms with Crippen LogP contribution >= 0.6 is 0 Å². The van der Waals surface area contributed by atoms with E-state index in [1.54, 1.807) is 24.3 Å². The highest BCUT2D eigenvalue weighted by Gasteiger charge is 2.40. The summed E-state index contributed by atoms with van der Waals surface area (Å²) >= 11 is 0. The van der Waals surface area contributed by atoms with Gasteiger partial charge in [0.1, 0.15) is 12.1 Å². The number of aromatic nitrogens is 2. The Kier molecular flexibility index (Phi) is 5.43. The Morgan fingerprint density at radius 2 is 1.85 bits per heavy atom. The number of carbonyl (C=O) groups excluding carboxylic acids is 2. The smallest absolute Gasteiger partial charge is 0.329 e. The molecule has 27 heavy (non-hydrogen) atoms. The topological polar surface area (TPSA) is 113 Å². The van der Waals surface area contributed by atoms with Crippen LogP contribution in [0.2, 0.25) is 0 Å². The minimum atomic E-state index is -0.974. The summed E-state index contributed by atoms with van der Waals surface area (Å²) in [5.74, 6) is -0.733. The highest BCUT2D eigenvalue weighted by Crippen LogP contribution is 2.28. The van der Waals surface area contributed by atoms with Crippen LogP contribution in [0, 0.1) is 0 Å². The van der Waals surface area contributed by atoms with E-state index in [4.69, 9.17) is 0 Å². The maximum Gasteiger partial charge on any atom is 0.329 e. The van der Waals surface area contributed by atoms with Gasteiger partial charge in [0.2, 0.25) is 11.8 Å². The van der Waals surface area contributed by atoms with Crippen molar-refractivity contribution < 1.29 is 9.59 Å². The zero-order valence-corrected chi connectivity index (χ0v) is 15.3. The number of H-pyrrole nitrogens is 1. The summed E-state index contributed by atoms with van der Waals surface area (Å²) in [7, 11) is 0. The molecule has 1 saturated carbocycles. The molecule has 0 unspecified atom stereocenters. The first kappa shape index (κ1) is 18.9. The molecule has 3 N–H and O–H groups in total. The SMILES string of the molecule is CCNC(=O)C1(NC(=O)Cn2c(=O)[nH]c3ccccc3c2=O)CCCCC1. The Morgan fingerprint density at radius 1 is 1.15 bits per heavy atom. The zero-order chi connectivity index (χ0) is 19.4. The number of nitrogens with one attached hydrogen (secondary N) is 3. The highest BCUT2D eigenvalue weighted by atomic mass is 16.2. The Balaban J connectivity index is 1.86. The Labute approximate surface area is 156 Å². The summed E-state index contributed by atoms with van der Waals surface area (Å²) in [5.41, 5.74) is -1.72. The maximum absolute atomic E-state index is 12.6. The lowest BCUT2D eigenvalue weighted by atomic mass is 9.80. The third-order valence-electron chi connectivity index (χ3n) is 5.05. The molecule has 0 radical (unpaired) electrons. The largest absolute Gasteiger partial charge is 0.354 e. The van der Waals surface area contributed by atoms with Crippen molar-refractivity contribution in [1.82, 2.24) is 20.2 Å². The minimum absolute atomic E-state index is 0.210. The summed E-state index contributed by atoms with van der Waals surface area (Å²) in [6, 6.07) is 6.64. The van der Waals surface area contributed by atoms with Gasteiger partial charge in [0.25, 0.3) is 5.56 Å². The second kappa shape index (κ2) is 7.77. The summed E-state index contributed by atoms with van der Waals surface area (Å²) in [5, 5.41) is 5.92. The summed E-state index contributed by atoms with van der Waals surface area (Å²) in [6.45, 7) is 1.87. The molecule has 1 aromatic heterocycles. The van der Waals surface area contributed by atoms with Gasteiger partial charge >= 0.3 is 5.69 Å². The molecule has 2 amide bonds. The molecule has 1 heterocycles. The number of hydrogen-bond acceptors (Lipinski definition) is 4. The molecular formula is C19H24N4O4. The molecule has 2 aromatic rings. The molecule has 0 spiro atoms. The van der Waals surface area contributed by atoms with Crippen LogP contribution in [0.4, 0.5) is 0 Å². The summed E-state index contributed by atoms with van der Waals surface area (Å²) in [4.78, 5) is 52.6. The highest BCUT2D eigenvalue weighted by molar-refractivity contribution is 5.91. The number of amides is 2. The number of rotatable bonds is 5. The molecule has 0 atom stereocenters. The van der Waals surface area contributed by atoms with Gasteiger partial charge in [0.05, 0.1) is 10.9 Å². The Hall–Kier alpha value is -2.90. The first-order valence-electron chi connectivity index (χ1n) is 9.28. The second-order valence-corrected chi connectivity index (χ2v) is 6.92. The van der Waals surface area contributed by atoms with Crippen LogP contribution in [0.5, 0.6) is 0 Å². The van der Waals surface area contributed by atoms with Crippen molar-refractivity contribution in [2.45, 2.75) is 51.1 Å². The van der Waals surface area contributed by atoms with E-state index in [0.717, 1.165) is 23.8 Å². The molecule has 8 heteroatoms. The average Bonchev–Trinajstić information content (AvgIpc) is 2.66. The molecule has 1 aliphatic rings. The number of nitrogens with zero attached hydrogens (tertiary/aromatic N) is 1. The van der Waals surface area contributed by atoms with Crippen LogP contribution < -0.4 is 21.9 Å². The molecule has 0 aliphatic heterocycles. The van der Waals surface area contributed by atoms with Crippen molar-refractivity contribution in [3.63, 3.8) is 0 Å². The summed E-state index contributed by atoms with van der Waals surface area (Å²) < 4.78 is 0.867. The number of benzene rings is 1. The number of aromatic amines is 1. The van der Waals surface area contributed by atoms with Crippen LogP contribution in [0.3, 0.4) is 0 Å². The molecule has 0 saturated heterocycles. The van der Waals surface area contributed by atoms with Crippen LogP contribution in [-0.4, -0.2) is 33.4 Å². The maximum atomic E-state index is 12.6. The lowest BCUT2D eigenvalue weighted by molar-refractivity contribution is -0.135. The van der Waals surface area contributed by atoms with Gasteiger partial charge in [-0.1, -0.05) is 31.4 Å².